The Kier molecular flexibility index (Phi) is 5.36. The summed E-state index contributed by atoms with van der Waals surface area (Å²) in [5.41, 5.74) is -0.939. The van der Waals surface area contributed by atoms with E-state index in [-0.39, 0.29) is 17.8 Å². The molecule has 1 atom stereocenters. The van der Waals surface area contributed by atoms with E-state index < -0.39 is 30.4 Å². The summed E-state index contributed by atoms with van der Waals surface area (Å²) in [6.45, 7) is -0.827. The molecule has 0 fully saturated rings. The molecule has 3 rings (SSSR count). The van der Waals surface area contributed by atoms with Crippen molar-refractivity contribution in [1.29, 1.82) is 0 Å². The average Bonchev–Trinajstić information content (AvgIpc) is 2.64. The van der Waals surface area contributed by atoms with Crippen molar-refractivity contribution in [1.82, 2.24) is 5.32 Å². The van der Waals surface area contributed by atoms with Gasteiger partial charge in [-0.25, -0.2) is 4.79 Å². The van der Waals surface area contributed by atoms with Gasteiger partial charge in [0, 0.05) is 17.2 Å². The highest BCUT2D eigenvalue weighted by atomic mass is 35.5. The highest BCUT2D eigenvalue weighted by molar-refractivity contribution is 6.30. The first-order valence-electron chi connectivity index (χ1n) is 7.94. The molecule has 9 heteroatoms. The third-order valence-corrected chi connectivity index (χ3v) is 4.37. The van der Waals surface area contributed by atoms with E-state index in [1.807, 2.05) is 0 Å². The molecule has 1 aliphatic heterocycles. The van der Waals surface area contributed by atoms with Crippen molar-refractivity contribution >= 4 is 29.5 Å². The minimum atomic E-state index is -4.73. The Labute approximate surface area is 157 Å². The Morgan fingerprint density at radius 2 is 1.89 bits per heavy atom. The third kappa shape index (κ3) is 4.05. The SMILES string of the molecule is O=C1NCC=NN1c1ccc(C(CF)c2ccc(Cl)cc2)c(C(F)(F)F)c1. The molecule has 0 spiro atoms. The van der Waals surface area contributed by atoms with Gasteiger partial charge in [0.2, 0.25) is 0 Å². The van der Waals surface area contributed by atoms with Gasteiger partial charge in [-0.15, -0.1) is 0 Å². The lowest BCUT2D eigenvalue weighted by atomic mass is 9.88. The molecule has 1 N–H and O–H groups in total. The molecule has 142 valence electrons. The molecule has 0 radical (unpaired) electrons. The molecule has 2 aromatic carbocycles. The summed E-state index contributed by atoms with van der Waals surface area (Å²) < 4.78 is 54.7. The van der Waals surface area contributed by atoms with Gasteiger partial charge in [0.1, 0.15) is 6.67 Å². The van der Waals surface area contributed by atoms with Gasteiger partial charge in [0.25, 0.3) is 0 Å². The summed E-state index contributed by atoms with van der Waals surface area (Å²) in [5.74, 6) is -1.12. The normalized spacial score (nSPS) is 15.6. The molecule has 0 bridgehead atoms. The summed E-state index contributed by atoms with van der Waals surface area (Å²) in [5, 5.41) is 7.49. The van der Waals surface area contributed by atoms with Gasteiger partial charge >= 0.3 is 12.2 Å². The summed E-state index contributed by atoms with van der Waals surface area (Å²) in [7, 11) is 0. The number of hydrazone groups is 1. The van der Waals surface area contributed by atoms with Crippen LogP contribution in [0.1, 0.15) is 22.6 Å². The van der Waals surface area contributed by atoms with Crippen LogP contribution >= 0.6 is 11.6 Å². The van der Waals surface area contributed by atoms with E-state index in [2.05, 4.69) is 10.4 Å². The van der Waals surface area contributed by atoms with Crippen LogP contribution in [0.2, 0.25) is 5.02 Å². The minimum Gasteiger partial charge on any atom is -0.331 e. The van der Waals surface area contributed by atoms with Crippen LogP contribution in [0.25, 0.3) is 0 Å². The zero-order valence-corrected chi connectivity index (χ0v) is 14.6. The van der Waals surface area contributed by atoms with E-state index in [9.17, 15) is 22.4 Å². The van der Waals surface area contributed by atoms with Gasteiger partial charge in [0.05, 0.1) is 17.8 Å². The Morgan fingerprint density at radius 1 is 1.19 bits per heavy atom. The molecule has 0 saturated heterocycles. The molecule has 0 saturated carbocycles. The maximum absolute atomic E-state index is 13.7. The average molecular weight is 400 g/mol. The molecule has 1 aliphatic rings. The number of hydrogen-bond donors (Lipinski definition) is 1. The number of amides is 2. The lowest BCUT2D eigenvalue weighted by Crippen LogP contribution is -2.41. The van der Waals surface area contributed by atoms with Gasteiger partial charge in [0.15, 0.2) is 0 Å². The van der Waals surface area contributed by atoms with E-state index in [1.165, 1.54) is 42.6 Å². The quantitative estimate of drug-likeness (QED) is 0.724. The van der Waals surface area contributed by atoms with Crippen molar-refractivity contribution in [3.8, 4) is 0 Å². The van der Waals surface area contributed by atoms with E-state index >= 15 is 0 Å². The van der Waals surface area contributed by atoms with Gasteiger partial charge in [-0.3, -0.25) is 4.39 Å². The number of benzene rings is 2. The lowest BCUT2D eigenvalue weighted by molar-refractivity contribution is -0.138. The molecule has 4 nitrogen and oxygen atoms in total. The summed E-state index contributed by atoms with van der Waals surface area (Å²) in [6.07, 6.45) is -3.37. The molecule has 1 heterocycles. The lowest BCUT2D eigenvalue weighted by Gasteiger charge is -2.24. The van der Waals surface area contributed by atoms with Crippen LogP contribution in [0.3, 0.4) is 0 Å². The number of halogens is 5. The minimum absolute atomic E-state index is 0.0618. The third-order valence-electron chi connectivity index (χ3n) is 4.12. The zero-order valence-electron chi connectivity index (χ0n) is 13.8. The van der Waals surface area contributed by atoms with Crippen molar-refractivity contribution in [3.63, 3.8) is 0 Å². The number of urea groups is 1. The second-order valence-electron chi connectivity index (χ2n) is 5.82. The predicted molar refractivity (Wildman–Crippen MR) is 95.1 cm³/mol. The molecule has 2 aromatic rings. The topological polar surface area (TPSA) is 44.7 Å². The first kappa shape index (κ1) is 19.2. The van der Waals surface area contributed by atoms with Crippen LogP contribution in [0.5, 0.6) is 0 Å². The largest absolute Gasteiger partial charge is 0.416 e. The van der Waals surface area contributed by atoms with Crippen molar-refractivity contribution in [2.45, 2.75) is 12.1 Å². The second-order valence-corrected chi connectivity index (χ2v) is 6.26. The smallest absolute Gasteiger partial charge is 0.331 e. The second kappa shape index (κ2) is 7.56. The monoisotopic (exact) mass is 399 g/mol. The number of carbonyl (C=O) groups excluding carboxylic acids is 1. The van der Waals surface area contributed by atoms with Crippen LogP contribution in [0, 0.1) is 0 Å². The van der Waals surface area contributed by atoms with Crippen LogP contribution in [0.15, 0.2) is 47.6 Å². The van der Waals surface area contributed by atoms with Crippen LogP contribution in [0.4, 0.5) is 28.0 Å². The molecule has 2 amide bonds. The van der Waals surface area contributed by atoms with Crippen LogP contribution < -0.4 is 10.3 Å². The maximum atomic E-state index is 13.7. The zero-order chi connectivity index (χ0) is 19.6. The summed E-state index contributed by atoms with van der Waals surface area (Å²) >= 11 is 5.80. The maximum Gasteiger partial charge on any atom is 0.416 e. The van der Waals surface area contributed by atoms with Gasteiger partial charge in [-0.2, -0.15) is 23.3 Å². The summed E-state index contributed by atoms with van der Waals surface area (Å²) in [4.78, 5) is 11.8. The fourth-order valence-corrected chi connectivity index (χ4v) is 2.96. The molecule has 27 heavy (non-hydrogen) atoms. The van der Waals surface area contributed by atoms with Crippen LogP contribution in [-0.2, 0) is 6.18 Å². The van der Waals surface area contributed by atoms with Crippen LogP contribution in [-0.4, -0.2) is 25.5 Å². The predicted octanol–water partition coefficient (Wildman–Crippen LogP) is 4.98. The van der Waals surface area contributed by atoms with E-state index in [4.69, 9.17) is 11.6 Å². The standard InChI is InChI=1S/C18H14ClF4N3O/c19-12-3-1-11(2-4-12)15(10-20)14-6-5-13(9-16(14)18(21,22)23)26-17(27)24-7-8-25-26/h1-6,8-9,15H,7,10H2,(H,24,27). The Morgan fingerprint density at radius 3 is 2.48 bits per heavy atom. The molecule has 0 aliphatic carbocycles. The van der Waals surface area contributed by atoms with E-state index in [0.29, 0.717) is 10.6 Å². The highest BCUT2D eigenvalue weighted by Gasteiger charge is 2.37. The Balaban J connectivity index is 2.09. The number of rotatable bonds is 4. The number of anilines is 1. The van der Waals surface area contributed by atoms with Gasteiger partial charge < -0.3 is 5.32 Å². The molecule has 0 aromatic heterocycles. The van der Waals surface area contributed by atoms with Crippen molar-refractivity contribution in [2.75, 3.05) is 18.2 Å². The Hall–Kier alpha value is -2.61. The molecular weight excluding hydrogens is 386 g/mol. The Bertz CT molecular complexity index is 868. The number of nitrogens with zero attached hydrogens (tertiary/aromatic N) is 2. The fourth-order valence-electron chi connectivity index (χ4n) is 2.84. The van der Waals surface area contributed by atoms with Crippen molar-refractivity contribution < 1.29 is 22.4 Å². The van der Waals surface area contributed by atoms with E-state index in [0.717, 1.165) is 11.1 Å². The summed E-state index contributed by atoms with van der Waals surface area (Å²) in [6, 6.07) is 8.61. The van der Waals surface area contributed by atoms with Crippen molar-refractivity contribution in [3.05, 3.63) is 64.2 Å². The van der Waals surface area contributed by atoms with E-state index in [1.54, 1.807) is 0 Å². The molecular formula is C18H14ClF4N3O. The number of alkyl halides is 4. The van der Waals surface area contributed by atoms with Gasteiger partial charge in [-0.1, -0.05) is 29.8 Å². The number of hydrogen-bond acceptors (Lipinski definition) is 2. The first-order valence-corrected chi connectivity index (χ1v) is 8.32. The van der Waals surface area contributed by atoms with Gasteiger partial charge in [-0.05, 0) is 35.4 Å². The molecule has 1 unspecified atom stereocenters. The highest BCUT2D eigenvalue weighted by Crippen LogP contribution is 2.40. The number of nitrogens with one attached hydrogen (secondary N) is 1. The van der Waals surface area contributed by atoms with Crippen molar-refractivity contribution in [2.24, 2.45) is 5.10 Å². The fraction of sp³-hybridized carbons (Fsp3) is 0.222. The first-order chi connectivity index (χ1) is 12.8. The number of carbonyl (C=O) groups is 1.